The van der Waals surface area contributed by atoms with Gasteiger partial charge in [-0.1, -0.05) is 31.8 Å². The minimum Gasteiger partial charge on any atom is -0.487 e. The van der Waals surface area contributed by atoms with Crippen LogP contribution in [0.1, 0.15) is 44.9 Å². The Balaban J connectivity index is 1.97. The van der Waals surface area contributed by atoms with Crippen LogP contribution < -0.4 is 4.74 Å². The third-order valence-electron chi connectivity index (χ3n) is 5.92. The van der Waals surface area contributed by atoms with Crippen LogP contribution in [0.25, 0.3) is 0 Å². The molecule has 2 heterocycles. The van der Waals surface area contributed by atoms with E-state index in [-0.39, 0.29) is 30.1 Å². The van der Waals surface area contributed by atoms with Crippen molar-refractivity contribution in [3.63, 3.8) is 0 Å². The first-order chi connectivity index (χ1) is 16.3. The minimum absolute atomic E-state index is 0.109. The molecule has 1 aromatic heterocycles. The number of pyridine rings is 1. The molecule has 1 N–H and O–H groups in total. The summed E-state index contributed by atoms with van der Waals surface area (Å²) in [5, 5.41) is 9.78. The monoisotopic (exact) mass is 485 g/mol. The van der Waals surface area contributed by atoms with Gasteiger partial charge in [0.05, 0.1) is 12.3 Å². The lowest BCUT2D eigenvalue weighted by Crippen LogP contribution is -2.49. The largest absolute Gasteiger partial charge is 0.487 e. The molecule has 0 saturated carbocycles. The number of aromatic nitrogens is 1. The van der Waals surface area contributed by atoms with Gasteiger partial charge in [0, 0.05) is 49.8 Å². The molecule has 0 amide bonds. The van der Waals surface area contributed by atoms with Gasteiger partial charge in [-0.2, -0.15) is 4.31 Å². The zero-order valence-corrected chi connectivity index (χ0v) is 21.3. The second kappa shape index (κ2) is 11.8. The van der Waals surface area contributed by atoms with Crippen LogP contribution in [0.2, 0.25) is 0 Å². The van der Waals surface area contributed by atoms with E-state index >= 15 is 0 Å². The second-order valence-electron chi connectivity index (χ2n) is 8.97. The predicted octanol–water partition coefficient (Wildman–Crippen LogP) is 3.13. The lowest BCUT2D eigenvalue weighted by molar-refractivity contribution is 0.0730. The van der Waals surface area contributed by atoms with Crippen LogP contribution in [0.15, 0.2) is 47.5 Å². The number of sulfonamides is 1. The summed E-state index contributed by atoms with van der Waals surface area (Å²) < 4.78 is 34.9. The van der Waals surface area contributed by atoms with Gasteiger partial charge in [0.15, 0.2) is 0 Å². The summed E-state index contributed by atoms with van der Waals surface area (Å²) in [6, 6.07) is 10.3. The quantitative estimate of drug-likeness (QED) is 0.607. The highest BCUT2D eigenvalue weighted by molar-refractivity contribution is 7.89. The first-order valence-electron chi connectivity index (χ1n) is 11.8. The molecule has 0 radical (unpaired) electrons. The summed E-state index contributed by atoms with van der Waals surface area (Å²) in [6.07, 6.45) is 3.24. The predicted molar refractivity (Wildman–Crippen MR) is 133 cm³/mol. The van der Waals surface area contributed by atoms with Crippen molar-refractivity contribution in [2.45, 2.75) is 57.2 Å². The number of fused-ring (bicyclic) bond motifs is 1. The van der Waals surface area contributed by atoms with Gasteiger partial charge in [0.25, 0.3) is 0 Å². The average molecular weight is 486 g/mol. The molecule has 1 aliphatic heterocycles. The van der Waals surface area contributed by atoms with E-state index in [1.807, 2.05) is 32.2 Å². The molecule has 184 valence electrons. The molecule has 2 aromatic rings. The smallest absolute Gasteiger partial charge is 0.247 e. The van der Waals surface area contributed by atoms with E-state index in [1.165, 1.54) is 4.31 Å². The van der Waals surface area contributed by atoms with Crippen LogP contribution in [-0.4, -0.2) is 66.6 Å². The molecular formula is C26H35N3O4S. The Bertz CT molecular complexity index is 1110. The van der Waals surface area contributed by atoms with E-state index in [9.17, 15) is 13.5 Å². The van der Waals surface area contributed by atoms with Crippen LogP contribution >= 0.6 is 0 Å². The van der Waals surface area contributed by atoms with Crippen LogP contribution in [0.3, 0.4) is 0 Å². The Hall–Kier alpha value is -2.44. The van der Waals surface area contributed by atoms with Gasteiger partial charge in [-0.05, 0) is 50.7 Å². The Morgan fingerprint density at radius 1 is 1.32 bits per heavy atom. The summed E-state index contributed by atoms with van der Waals surface area (Å²) in [5.74, 6) is 6.41. The normalized spacial score (nSPS) is 20.9. The number of rotatable bonds is 7. The Morgan fingerprint density at radius 2 is 2.12 bits per heavy atom. The maximum absolute atomic E-state index is 13.5. The molecule has 0 unspecified atom stereocenters. The van der Waals surface area contributed by atoms with Crippen LogP contribution in [0.4, 0.5) is 0 Å². The standard InChI is InChI=1S/C26H35N3O4S/c1-5-6-7-10-22-12-13-26-24(15-22)33-25(18-28(4)17-23-11-8-9-14-27-23)20(2)16-29(21(3)19-30)34(26,31)32/h8-9,11-15,20-21,25,30H,5-6,16-19H2,1-4H3/t20-,21+,25+/m0/s1. The van der Waals surface area contributed by atoms with Crippen molar-refractivity contribution in [3.8, 4) is 17.6 Å². The molecule has 0 spiro atoms. The molecule has 0 aliphatic carbocycles. The van der Waals surface area contributed by atoms with Gasteiger partial charge in [-0.25, -0.2) is 8.42 Å². The number of aliphatic hydroxyl groups is 1. The summed E-state index contributed by atoms with van der Waals surface area (Å²) >= 11 is 0. The van der Waals surface area contributed by atoms with E-state index in [4.69, 9.17) is 4.74 Å². The molecule has 0 saturated heterocycles. The number of nitrogens with zero attached hydrogens (tertiary/aromatic N) is 3. The highest BCUT2D eigenvalue weighted by Gasteiger charge is 2.38. The maximum atomic E-state index is 13.5. The van der Waals surface area contributed by atoms with Crippen molar-refractivity contribution < 1.29 is 18.3 Å². The highest BCUT2D eigenvalue weighted by Crippen LogP contribution is 2.34. The van der Waals surface area contributed by atoms with Crippen LogP contribution in [-0.2, 0) is 16.6 Å². The zero-order valence-electron chi connectivity index (χ0n) is 20.4. The van der Waals surface area contributed by atoms with Gasteiger partial charge in [-0.15, -0.1) is 0 Å². The lowest BCUT2D eigenvalue weighted by atomic mass is 10.0. The second-order valence-corrected chi connectivity index (χ2v) is 10.8. The number of unbranched alkanes of at least 4 members (excludes halogenated alkanes) is 1. The first-order valence-corrected chi connectivity index (χ1v) is 13.2. The topological polar surface area (TPSA) is 83.0 Å². The van der Waals surface area contributed by atoms with E-state index in [0.29, 0.717) is 18.8 Å². The SMILES string of the molecule is CCCC#Cc1ccc2c(c1)O[C@H](CN(C)Cc1ccccn1)[C@@H](C)CN([C@H](C)CO)S2(=O)=O. The number of hydrogen-bond acceptors (Lipinski definition) is 6. The van der Waals surface area contributed by atoms with Crippen molar-refractivity contribution >= 4 is 10.0 Å². The molecule has 0 bridgehead atoms. The molecular weight excluding hydrogens is 450 g/mol. The molecule has 0 fully saturated rings. The van der Waals surface area contributed by atoms with Gasteiger partial charge >= 0.3 is 0 Å². The Kier molecular flexibility index (Phi) is 9.09. The van der Waals surface area contributed by atoms with E-state index in [0.717, 1.165) is 24.1 Å². The summed E-state index contributed by atoms with van der Waals surface area (Å²) in [6.45, 7) is 7.01. The summed E-state index contributed by atoms with van der Waals surface area (Å²) in [5.41, 5.74) is 1.67. The zero-order chi connectivity index (χ0) is 24.7. The lowest BCUT2D eigenvalue weighted by Gasteiger charge is -2.37. The van der Waals surface area contributed by atoms with Crippen LogP contribution in [0.5, 0.6) is 5.75 Å². The molecule has 8 heteroatoms. The number of hydrogen-bond donors (Lipinski definition) is 1. The molecule has 1 aromatic carbocycles. The third kappa shape index (κ3) is 6.36. The van der Waals surface area contributed by atoms with Crippen molar-refractivity contribution in [1.82, 2.24) is 14.2 Å². The number of likely N-dealkylation sites (N-methyl/N-ethyl adjacent to an activating group) is 1. The first kappa shape index (κ1) is 26.2. The molecule has 3 atom stereocenters. The van der Waals surface area contributed by atoms with Crippen molar-refractivity contribution in [3.05, 3.63) is 53.9 Å². The molecule has 34 heavy (non-hydrogen) atoms. The Labute approximate surface area is 203 Å². The Morgan fingerprint density at radius 3 is 2.79 bits per heavy atom. The summed E-state index contributed by atoms with van der Waals surface area (Å²) in [4.78, 5) is 6.64. The minimum atomic E-state index is -3.85. The van der Waals surface area contributed by atoms with E-state index in [2.05, 4.69) is 28.6 Å². The summed E-state index contributed by atoms with van der Waals surface area (Å²) in [7, 11) is -1.85. The van der Waals surface area contributed by atoms with Crippen LogP contribution in [0, 0.1) is 17.8 Å². The van der Waals surface area contributed by atoms with Gasteiger partial charge in [0.2, 0.25) is 10.0 Å². The van der Waals surface area contributed by atoms with Gasteiger partial charge in [-0.3, -0.25) is 9.88 Å². The number of benzene rings is 1. The fourth-order valence-corrected chi connectivity index (χ4v) is 5.78. The maximum Gasteiger partial charge on any atom is 0.247 e. The fourth-order valence-electron chi connectivity index (χ4n) is 3.95. The number of aliphatic hydroxyl groups excluding tert-OH is 1. The van der Waals surface area contributed by atoms with Gasteiger partial charge in [0.1, 0.15) is 16.7 Å². The highest BCUT2D eigenvalue weighted by atomic mass is 32.2. The third-order valence-corrected chi connectivity index (χ3v) is 7.94. The van der Waals surface area contributed by atoms with Crippen molar-refractivity contribution in [2.24, 2.45) is 5.92 Å². The van der Waals surface area contributed by atoms with Crippen molar-refractivity contribution in [1.29, 1.82) is 0 Å². The van der Waals surface area contributed by atoms with Crippen molar-refractivity contribution in [2.75, 3.05) is 26.7 Å². The molecule has 3 rings (SSSR count). The van der Waals surface area contributed by atoms with Gasteiger partial charge < -0.3 is 9.84 Å². The number of ether oxygens (including phenoxy) is 1. The molecule has 7 nitrogen and oxygen atoms in total. The fraction of sp³-hybridized carbons (Fsp3) is 0.500. The molecule has 1 aliphatic rings. The van der Waals surface area contributed by atoms with E-state index < -0.39 is 16.1 Å². The van der Waals surface area contributed by atoms with E-state index in [1.54, 1.807) is 31.3 Å². The average Bonchev–Trinajstić information content (AvgIpc) is 2.81.